The van der Waals surface area contributed by atoms with Gasteiger partial charge in [-0.2, -0.15) is 0 Å². The van der Waals surface area contributed by atoms with Crippen LogP contribution in [0.4, 0.5) is 0 Å². The van der Waals surface area contributed by atoms with Gasteiger partial charge in [-0.05, 0) is 41.0 Å². The molecule has 0 spiro atoms. The average Bonchev–Trinajstić information content (AvgIpc) is 2.14. The van der Waals surface area contributed by atoms with E-state index in [1.165, 1.54) is 0 Å². The molecule has 102 valence electrons. The maximum Gasteiger partial charge on any atom is 0.0757 e. The molecule has 0 aliphatic carbocycles. The molecule has 1 rings (SSSR count). The second-order valence-electron chi connectivity index (χ2n) is 6.37. The second-order valence-corrected chi connectivity index (χ2v) is 6.37. The minimum absolute atomic E-state index is 0.111. The van der Waals surface area contributed by atoms with Gasteiger partial charge in [0.1, 0.15) is 0 Å². The quantitative estimate of drug-likeness (QED) is 0.774. The fraction of sp³-hybridized carbons (Fsp3) is 1.00. The average molecular weight is 244 g/mol. The molecule has 0 saturated carbocycles. The number of rotatable bonds is 4. The molecule has 0 aromatic heterocycles. The van der Waals surface area contributed by atoms with E-state index in [-0.39, 0.29) is 11.7 Å². The van der Waals surface area contributed by atoms with Crippen LogP contribution in [0.5, 0.6) is 0 Å². The molecule has 1 saturated heterocycles. The van der Waals surface area contributed by atoms with Gasteiger partial charge in [-0.15, -0.1) is 0 Å². The largest absolute Gasteiger partial charge is 0.389 e. The Labute approximate surface area is 105 Å². The smallest absolute Gasteiger partial charge is 0.0757 e. The number of aliphatic hydroxyl groups is 1. The molecule has 3 unspecified atom stereocenters. The molecule has 1 fully saturated rings. The van der Waals surface area contributed by atoms with Crippen LogP contribution in [-0.4, -0.2) is 53.0 Å². The monoisotopic (exact) mass is 244 g/mol. The normalized spacial score (nSPS) is 30.9. The zero-order chi connectivity index (χ0) is 13.3. The SMILES string of the molecule is CC1CN(C(C)CC(C)(O)CN)CC(C)(C)O1. The summed E-state index contributed by atoms with van der Waals surface area (Å²) in [5.74, 6) is 0. The van der Waals surface area contributed by atoms with Crippen LogP contribution in [0, 0.1) is 0 Å². The van der Waals surface area contributed by atoms with Gasteiger partial charge < -0.3 is 15.6 Å². The highest BCUT2D eigenvalue weighted by Crippen LogP contribution is 2.25. The summed E-state index contributed by atoms with van der Waals surface area (Å²) in [6.07, 6.45) is 0.941. The van der Waals surface area contributed by atoms with Gasteiger partial charge >= 0.3 is 0 Å². The molecule has 4 heteroatoms. The first-order valence-electron chi connectivity index (χ1n) is 6.49. The molecule has 0 amide bonds. The van der Waals surface area contributed by atoms with Crippen molar-refractivity contribution in [3.05, 3.63) is 0 Å². The van der Waals surface area contributed by atoms with Gasteiger partial charge in [0.25, 0.3) is 0 Å². The Kier molecular flexibility index (Phi) is 4.58. The van der Waals surface area contributed by atoms with Crippen LogP contribution < -0.4 is 5.73 Å². The lowest BCUT2D eigenvalue weighted by Crippen LogP contribution is -2.56. The minimum atomic E-state index is -0.773. The number of morpholine rings is 1. The van der Waals surface area contributed by atoms with Crippen LogP contribution in [0.2, 0.25) is 0 Å². The van der Waals surface area contributed by atoms with E-state index in [1.807, 2.05) is 0 Å². The molecule has 1 aliphatic heterocycles. The first-order chi connectivity index (χ1) is 7.65. The molecule has 0 aromatic carbocycles. The van der Waals surface area contributed by atoms with Gasteiger partial charge in [-0.3, -0.25) is 4.90 Å². The van der Waals surface area contributed by atoms with Crippen molar-refractivity contribution in [1.82, 2.24) is 4.90 Å². The fourth-order valence-corrected chi connectivity index (χ4v) is 2.69. The van der Waals surface area contributed by atoms with E-state index in [0.717, 1.165) is 13.1 Å². The standard InChI is InChI=1S/C13H28N2O2/c1-10(6-13(5,16)8-14)15-7-11(2)17-12(3,4)9-15/h10-11,16H,6-9,14H2,1-5H3. The van der Waals surface area contributed by atoms with E-state index < -0.39 is 5.60 Å². The molecule has 3 N–H and O–H groups in total. The molecule has 1 aliphatic rings. The van der Waals surface area contributed by atoms with Gasteiger partial charge in [-0.1, -0.05) is 0 Å². The summed E-state index contributed by atoms with van der Waals surface area (Å²) in [6, 6.07) is 0.319. The Hall–Kier alpha value is -0.160. The van der Waals surface area contributed by atoms with Crippen LogP contribution >= 0.6 is 0 Å². The van der Waals surface area contributed by atoms with Crippen molar-refractivity contribution < 1.29 is 9.84 Å². The summed E-state index contributed by atoms with van der Waals surface area (Å²) in [6.45, 7) is 12.4. The summed E-state index contributed by atoms with van der Waals surface area (Å²) < 4.78 is 5.88. The molecule has 17 heavy (non-hydrogen) atoms. The lowest BCUT2D eigenvalue weighted by atomic mass is 9.95. The van der Waals surface area contributed by atoms with E-state index in [0.29, 0.717) is 19.0 Å². The predicted molar refractivity (Wildman–Crippen MR) is 70.0 cm³/mol. The van der Waals surface area contributed by atoms with Crippen LogP contribution in [0.25, 0.3) is 0 Å². The summed E-state index contributed by atoms with van der Waals surface area (Å²) in [4.78, 5) is 2.39. The summed E-state index contributed by atoms with van der Waals surface area (Å²) in [7, 11) is 0. The molecular weight excluding hydrogens is 216 g/mol. The van der Waals surface area contributed by atoms with E-state index in [9.17, 15) is 5.11 Å². The third kappa shape index (κ3) is 4.54. The number of nitrogens with two attached hydrogens (primary N) is 1. The number of hydrogen-bond acceptors (Lipinski definition) is 4. The van der Waals surface area contributed by atoms with Gasteiger partial charge in [0.15, 0.2) is 0 Å². The lowest BCUT2D eigenvalue weighted by Gasteiger charge is -2.45. The van der Waals surface area contributed by atoms with E-state index in [1.54, 1.807) is 6.92 Å². The Morgan fingerprint density at radius 3 is 2.65 bits per heavy atom. The Bertz CT molecular complexity index is 254. The summed E-state index contributed by atoms with van der Waals surface area (Å²) in [5, 5.41) is 10.0. The van der Waals surface area contributed by atoms with Crippen molar-refractivity contribution in [2.24, 2.45) is 5.73 Å². The highest BCUT2D eigenvalue weighted by atomic mass is 16.5. The minimum Gasteiger partial charge on any atom is -0.389 e. The second kappa shape index (κ2) is 5.22. The van der Waals surface area contributed by atoms with E-state index in [4.69, 9.17) is 10.5 Å². The highest BCUT2D eigenvalue weighted by molar-refractivity contribution is 4.88. The summed E-state index contributed by atoms with van der Waals surface area (Å²) >= 11 is 0. The Balaban J connectivity index is 2.60. The van der Waals surface area contributed by atoms with Crippen LogP contribution in [-0.2, 0) is 4.74 Å². The van der Waals surface area contributed by atoms with Crippen molar-refractivity contribution in [2.45, 2.75) is 64.4 Å². The first-order valence-corrected chi connectivity index (χ1v) is 6.49. The van der Waals surface area contributed by atoms with Crippen molar-refractivity contribution in [3.63, 3.8) is 0 Å². The molecule has 0 aromatic rings. The topological polar surface area (TPSA) is 58.7 Å². The number of hydrogen-bond donors (Lipinski definition) is 2. The molecule has 4 nitrogen and oxygen atoms in total. The van der Waals surface area contributed by atoms with Crippen LogP contribution in [0.3, 0.4) is 0 Å². The lowest BCUT2D eigenvalue weighted by molar-refractivity contribution is -0.141. The molecule has 0 radical (unpaired) electrons. The molecule has 0 bridgehead atoms. The molecule has 3 atom stereocenters. The predicted octanol–water partition coefficient (Wildman–Crippen LogP) is 0.974. The van der Waals surface area contributed by atoms with E-state index >= 15 is 0 Å². The van der Waals surface area contributed by atoms with E-state index in [2.05, 4.69) is 32.6 Å². The van der Waals surface area contributed by atoms with Gasteiger partial charge in [0, 0.05) is 25.7 Å². The van der Waals surface area contributed by atoms with Gasteiger partial charge in [0.2, 0.25) is 0 Å². The Morgan fingerprint density at radius 1 is 1.59 bits per heavy atom. The third-order valence-corrected chi connectivity index (χ3v) is 3.39. The number of ether oxygens (including phenoxy) is 1. The van der Waals surface area contributed by atoms with Crippen LogP contribution in [0.1, 0.15) is 41.0 Å². The van der Waals surface area contributed by atoms with Crippen molar-refractivity contribution >= 4 is 0 Å². The van der Waals surface area contributed by atoms with Crippen molar-refractivity contribution in [2.75, 3.05) is 19.6 Å². The molecule has 1 heterocycles. The first kappa shape index (κ1) is 14.9. The summed E-state index contributed by atoms with van der Waals surface area (Å²) in [5.41, 5.74) is 4.69. The van der Waals surface area contributed by atoms with Crippen LogP contribution in [0.15, 0.2) is 0 Å². The third-order valence-electron chi connectivity index (χ3n) is 3.39. The fourth-order valence-electron chi connectivity index (χ4n) is 2.69. The maximum atomic E-state index is 10.0. The zero-order valence-corrected chi connectivity index (χ0v) is 11.9. The maximum absolute atomic E-state index is 10.0. The highest BCUT2D eigenvalue weighted by Gasteiger charge is 2.35. The van der Waals surface area contributed by atoms with Crippen molar-refractivity contribution in [3.8, 4) is 0 Å². The molecular formula is C13H28N2O2. The number of nitrogens with zero attached hydrogens (tertiary/aromatic N) is 1. The van der Waals surface area contributed by atoms with Gasteiger partial charge in [0.05, 0.1) is 17.3 Å². The van der Waals surface area contributed by atoms with Gasteiger partial charge in [-0.25, -0.2) is 0 Å². The Morgan fingerprint density at radius 2 is 2.18 bits per heavy atom. The van der Waals surface area contributed by atoms with Crippen molar-refractivity contribution in [1.29, 1.82) is 0 Å². The zero-order valence-electron chi connectivity index (χ0n) is 11.9.